The molecule has 1 amide bonds. The molecule has 0 atom stereocenters. The maximum atomic E-state index is 11.5. The molecule has 0 bridgehead atoms. The molecule has 0 radical (unpaired) electrons. The van der Waals surface area contributed by atoms with E-state index in [9.17, 15) is 4.79 Å². The zero-order chi connectivity index (χ0) is 19.2. The molecule has 7 nitrogen and oxygen atoms in total. The molecule has 154 valence electrons. The van der Waals surface area contributed by atoms with E-state index in [1.54, 1.807) is 7.05 Å². The van der Waals surface area contributed by atoms with E-state index >= 15 is 0 Å². The van der Waals surface area contributed by atoms with E-state index in [1.165, 1.54) is 5.56 Å². The van der Waals surface area contributed by atoms with Crippen molar-refractivity contribution in [2.75, 3.05) is 33.7 Å². The third-order valence-electron chi connectivity index (χ3n) is 5.27. The predicted molar refractivity (Wildman–Crippen MR) is 123 cm³/mol. The Bertz CT molecular complexity index is 810. The van der Waals surface area contributed by atoms with Crippen LogP contribution in [0.4, 0.5) is 0 Å². The molecule has 2 aromatic rings. The normalized spacial score (nSPS) is 15.4. The van der Waals surface area contributed by atoms with Gasteiger partial charge >= 0.3 is 0 Å². The van der Waals surface area contributed by atoms with Crippen LogP contribution in [0.5, 0.6) is 0 Å². The van der Waals surface area contributed by atoms with Crippen LogP contribution in [0.25, 0.3) is 5.65 Å². The summed E-state index contributed by atoms with van der Waals surface area (Å²) in [5, 5.41) is 6.18. The molecule has 1 fully saturated rings. The van der Waals surface area contributed by atoms with Gasteiger partial charge in [0.25, 0.3) is 0 Å². The molecular formula is C20H31IN6O. The first-order chi connectivity index (χ1) is 13.1. The van der Waals surface area contributed by atoms with Gasteiger partial charge in [-0.1, -0.05) is 6.07 Å². The molecule has 3 rings (SSSR count). The zero-order valence-corrected chi connectivity index (χ0v) is 19.3. The lowest BCUT2D eigenvalue weighted by Crippen LogP contribution is -2.46. The second-order valence-electron chi connectivity index (χ2n) is 7.19. The summed E-state index contributed by atoms with van der Waals surface area (Å²) in [4.78, 5) is 23.0. The second-order valence-corrected chi connectivity index (χ2v) is 7.19. The molecule has 0 aromatic carbocycles. The number of amides is 1. The van der Waals surface area contributed by atoms with Gasteiger partial charge in [-0.15, -0.1) is 24.0 Å². The van der Waals surface area contributed by atoms with Crippen LogP contribution in [-0.2, 0) is 11.2 Å². The average Bonchev–Trinajstić information content (AvgIpc) is 3.10. The van der Waals surface area contributed by atoms with Crippen molar-refractivity contribution < 1.29 is 4.79 Å². The number of rotatable bonds is 5. The highest BCUT2D eigenvalue weighted by Gasteiger charge is 2.22. The maximum Gasteiger partial charge on any atom is 0.220 e. The van der Waals surface area contributed by atoms with Gasteiger partial charge in [-0.3, -0.25) is 9.79 Å². The van der Waals surface area contributed by atoms with Gasteiger partial charge in [-0.05, 0) is 37.3 Å². The van der Waals surface area contributed by atoms with E-state index in [2.05, 4.69) is 44.1 Å². The fourth-order valence-electron chi connectivity index (χ4n) is 3.67. The van der Waals surface area contributed by atoms with Gasteiger partial charge in [0.15, 0.2) is 5.96 Å². The minimum absolute atomic E-state index is 0. The summed E-state index contributed by atoms with van der Waals surface area (Å²) in [6.45, 7) is 4.76. The van der Waals surface area contributed by atoms with Crippen LogP contribution in [0.1, 0.15) is 30.5 Å². The first-order valence-corrected chi connectivity index (χ1v) is 9.70. The number of pyridine rings is 1. The molecule has 0 saturated carbocycles. The Morgan fingerprint density at radius 3 is 2.75 bits per heavy atom. The summed E-state index contributed by atoms with van der Waals surface area (Å²) in [5.74, 6) is 1.55. The molecule has 0 aliphatic carbocycles. The number of guanidine groups is 1. The van der Waals surface area contributed by atoms with Crippen molar-refractivity contribution in [1.29, 1.82) is 0 Å². The summed E-state index contributed by atoms with van der Waals surface area (Å²) < 4.78 is 2.08. The van der Waals surface area contributed by atoms with Crippen LogP contribution in [0.3, 0.4) is 0 Å². The van der Waals surface area contributed by atoms with E-state index in [0.717, 1.165) is 56.2 Å². The number of aryl methyl sites for hydroxylation is 1. The van der Waals surface area contributed by atoms with E-state index in [4.69, 9.17) is 4.98 Å². The molecule has 1 aliphatic rings. The lowest BCUT2D eigenvalue weighted by atomic mass is 9.93. The van der Waals surface area contributed by atoms with Crippen LogP contribution >= 0.6 is 24.0 Å². The lowest BCUT2D eigenvalue weighted by Gasteiger charge is -2.34. The van der Waals surface area contributed by atoms with E-state index in [-0.39, 0.29) is 29.9 Å². The Hall–Kier alpha value is -1.84. The zero-order valence-electron chi connectivity index (χ0n) is 16.9. The summed E-state index contributed by atoms with van der Waals surface area (Å²) in [7, 11) is 3.53. The number of aromatic nitrogens is 2. The van der Waals surface area contributed by atoms with Crippen molar-refractivity contribution in [1.82, 2.24) is 24.9 Å². The van der Waals surface area contributed by atoms with Crippen molar-refractivity contribution in [3.8, 4) is 0 Å². The second kappa shape index (κ2) is 10.6. The summed E-state index contributed by atoms with van der Waals surface area (Å²) in [6, 6.07) is 4.13. The number of halogens is 1. The van der Waals surface area contributed by atoms with Gasteiger partial charge in [-0.25, -0.2) is 4.98 Å². The number of fused-ring (bicyclic) bond motifs is 1. The number of aliphatic imine (C=N–C) groups is 1. The number of imidazole rings is 1. The Morgan fingerprint density at radius 2 is 2.11 bits per heavy atom. The van der Waals surface area contributed by atoms with Gasteiger partial charge in [0, 0.05) is 59.0 Å². The summed E-state index contributed by atoms with van der Waals surface area (Å²) in [5.41, 5.74) is 3.29. The average molecular weight is 498 g/mol. The fraction of sp³-hybridized carbons (Fsp3) is 0.550. The smallest absolute Gasteiger partial charge is 0.220 e. The number of likely N-dealkylation sites (tertiary alicyclic amines) is 1. The number of carbonyl (C=O) groups excluding carboxylic acids is 1. The Kier molecular flexibility index (Phi) is 8.53. The monoisotopic (exact) mass is 498 g/mol. The largest absolute Gasteiger partial charge is 0.359 e. The van der Waals surface area contributed by atoms with Crippen LogP contribution in [0.2, 0.25) is 0 Å². The number of piperidine rings is 1. The molecule has 1 saturated heterocycles. The van der Waals surface area contributed by atoms with Crippen molar-refractivity contribution in [3.63, 3.8) is 0 Å². The Balaban J connectivity index is 0.00000280. The van der Waals surface area contributed by atoms with Crippen LogP contribution in [0, 0.1) is 12.8 Å². The molecule has 0 spiro atoms. The summed E-state index contributed by atoms with van der Waals surface area (Å²) in [6.07, 6.45) is 7.67. The van der Waals surface area contributed by atoms with Gasteiger partial charge in [0.05, 0.1) is 5.69 Å². The van der Waals surface area contributed by atoms with Crippen molar-refractivity contribution in [2.24, 2.45) is 10.9 Å². The standard InChI is InChI=1S/C20H30N6O.HI/c1-15-5-4-10-26-14-17(24-19(15)26)6-9-23-20(22-3)25-11-7-16(8-12-25)13-18(27)21-2;/h4-5,10,14,16H,6-9,11-13H2,1-3H3,(H,21,27)(H,22,23);1H. The SMILES string of the molecule is CN=C(NCCc1cn2cccc(C)c2n1)N1CCC(CC(=O)NC)CC1.I. The lowest BCUT2D eigenvalue weighted by molar-refractivity contribution is -0.121. The maximum absolute atomic E-state index is 11.5. The topological polar surface area (TPSA) is 74.0 Å². The Morgan fingerprint density at radius 1 is 1.36 bits per heavy atom. The highest BCUT2D eigenvalue weighted by Crippen LogP contribution is 2.20. The first kappa shape index (κ1) is 22.4. The van der Waals surface area contributed by atoms with Crippen LogP contribution < -0.4 is 10.6 Å². The molecule has 2 N–H and O–H groups in total. The Labute approximate surface area is 184 Å². The van der Waals surface area contributed by atoms with Crippen molar-refractivity contribution in [3.05, 3.63) is 35.8 Å². The van der Waals surface area contributed by atoms with Gasteiger partial charge in [0.2, 0.25) is 5.91 Å². The third-order valence-corrected chi connectivity index (χ3v) is 5.27. The minimum Gasteiger partial charge on any atom is -0.359 e. The van der Waals surface area contributed by atoms with Crippen LogP contribution in [-0.4, -0.2) is 59.9 Å². The molecule has 3 heterocycles. The van der Waals surface area contributed by atoms with Gasteiger partial charge in [0.1, 0.15) is 5.65 Å². The molecule has 28 heavy (non-hydrogen) atoms. The number of carbonyl (C=O) groups is 1. The minimum atomic E-state index is 0. The summed E-state index contributed by atoms with van der Waals surface area (Å²) >= 11 is 0. The van der Waals surface area contributed by atoms with Crippen molar-refractivity contribution >= 4 is 41.5 Å². The number of hydrogen-bond donors (Lipinski definition) is 2. The fourth-order valence-corrected chi connectivity index (χ4v) is 3.67. The highest BCUT2D eigenvalue weighted by atomic mass is 127. The number of hydrogen-bond acceptors (Lipinski definition) is 3. The van der Waals surface area contributed by atoms with Gasteiger partial charge in [-0.2, -0.15) is 0 Å². The third kappa shape index (κ3) is 5.59. The highest BCUT2D eigenvalue weighted by molar-refractivity contribution is 14.0. The molecule has 8 heteroatoms. The molecular weight excluding hydrogens is 467 g/mol. The molecule has 1 aliphatic heterocycles. The number of nitrogens with one attached hydrogen (secondary N) is 2. The van der Waals surface area contributed by atoms with E-state index < -0.39 is 0 Å². The molecule has 2 aromatic heterocycles. The van der Waals surface area contributed by atoms with E-state index in [0.29, 0.717) is 12.3 Å². The van der Waals surface area contributed by atoms with E-state index in [1.807, 2.05) is 19.3 Å². The van der Waals surface area contributed by atoms with Crippen molar-refractivity contribution in [2.45, 2.75) is 32.6 Å². The predicted octanol–water partition coefficient (Wildman–Crippen LogP) is 2.23. The number of nitrogens with zero attached hydrogens (tertiary/aromatic N) is 4. The quantitative estimate of drug-likeness (QED) is 0.377. The molecule has 0 unspecified atom stereocenters. The van der Waals surface area contributed by atoms with Crippen LogP contribution in [0.15, 0.2) is 29.5 Å². The van der Waals surface area contributed by atoms with Gasteiger partial charge < -0.3 is 19.9 Å². The first-order valence-electron chi connectivity index (χ1n) is 9.70.